The van der Waals surface area contributed by atoms with Crippen LogP contribution in [0.5, 0.6) is 5.75 Å². The lowest BCUT2D eigenvalue weighted by Crippen LogP contribution is -2.33. The Morgan fingerprint density at radius 3 is 2.41 bits per heavy atom. The third-order valence-electron chi connectivity index (χ3n) is 5.74. The first kappa shape index (κ1) is 23.2. The topological polar surface area (TPSA) is 96.4 Å². The molecule has 3 aromatic rings. The van der Waals surface area contributed by atoms with Crippen LogP contribution in [0.25, 0.3) is 11.3 Å². The standard InChI is InChI=1S/C26H29N5O3/c1-18-12-14-31(15-13-18)25-11-10-24(29-30-25)20-4-3-5-22(16-20)28-26(33)17-34-23-8-6-21(7-9-23)27-19(2)32/h3-11,16,18H,12-15,17H2,1-2H3,(H,27,32)(H,28,33). The fraction of sp³-hybridized carbons (Fsp3) is 0.308. The number of nitrogens with zero attached hydrogens (tertiary/aromatic N) is 3. The van der Waals surface area contributed by atoms with Gasteiger partial charge in [0.25, 0.3) is 5.91 Å². The molecule has 2 heterocycles. The van der Waals surface area contributed by atoms with Crippen LogP contribution in [0, 0.1) is 5.92 Å². The van der Waals surface area contributed by atoms with Gasteiger partial charge in [-0.3, -0.25) is 9.59 Å². The number of hydrogen-bond donors (Lipinski definition) is 2. The zero-order valence-electron chi connectivity index (χ0n) is 19.5. The molecule has 34 heavy (non-hydrogen) atoms. The van der Waals surface area contributed by atoms with Gasteiger partial charge in [-0.15, -0.1) is 10.2 Å². The van der Waals surface area contributed by atoms with Gasteiger partial charge in [-0.05, 0) is 67.3 Å². The van der Waals surface area contributed by atoms with Crippen LogP contribution >= 0.6 is 0 Å². The molecule has 1 fully saturated rings. The van der Waals surface area contributed by atoms with Gasteiger partial charge in [-0.25, -0.2) is 0 Å². The lowest BCUT2D eigenvalue weighted by molar-refractivity contribution is -0.118. The van der Waals surface area contributed by atoms with Crippen LogP contribution in [0.15, 0.2) is 60.7 Å². The van der Waals surface area contributed by atoms with E-state index in [0.29, 0.717) is 17.1 Å². The molecular weight excluding hydrogens is 430 g/mol. The number of carbonyl (C=O) groups excluding carboxylic acids is 2. The lowest BCUT2D eigenvalue weighted by Gasteiger charge is -2.30. The van der Waals surface area contributed by atoms with Gasteiger partial charge in [0.05, 0.1) is 5.69 Å². The van der Waals surface area contributed by atoms with E-state index in [4.69, 9.17) is 4.74 Å². The average Bonchev–Trinajstić information content (AvgIpc) is 2.84. The summed E-state index contributed by atoms with van der Waals surface area (Å²) < 4.78 is 5.54. The molecule has 0 unspecified atom stereocenters. The molecule has 4 rings (SSSR count). The molecule has 0 radical (unpaired) electrons. The highest BCUT2D eigenvalue weighted by Gasteiger charge is 2.17. The summed E-state index contributed by atoms with van der Waals surface area (Å²) in [7, 11) is 0. The van der Waals surface area contributed by atoms with Crippen LogP contribution in [0.3, 0.4) is 0 Å². The molecule has 1 aromatic heterocycles. The molecule has 2 aromatic carbocycles. The van der Waals surface area contributed by atoms with Crippen molar-refractivity contribution in [2.24, 2.45) is 5.92 Å². The van der Waals surface area contributed by atoms with Crippen molar-refractivity contribution in [2.75, 3.05) is 35.2 Å². The number of anilines is 3. The molecule has 8 nitrogen and oxygen atoms in total. The summed E-state index contributed by atoms with van der Waals surface area (Å²) in [6, 6.07) is 18.3. The quantitative estimate of drug-likeness (QED) is 0.545. The van der Waals surface area contributed by atoms with E-state index in [1.807, 2.05) is 36.4 Å². The summed E-state index contributed by atoms with van der Waals surface area (Å²) in [6.45, 7) is 5.63. The average molecular weight is 460 g/mol. The predicted octanol–water partition coefficient (Wildman–Crippen LogP) is 4.36. The maximum atomic E-state index is 12.4. The Hall–Kier alpha value is -3.94. The molecule has 1 saturated heterocycles. The van der Waals surface area contributed by atoms with Crippen LogP contribution in [0.4, 0.5) is 17.2 Å². The molecule has 2 N–H and O–H groups in total. The first-order valence-electron chi connectivity index (χ1n) is 11.5. The van der Waals surface area contributed by atoms with Crippen molar-refractivity contribution in [3.63, 3.8) is 0 Å². The van der Waals surface area contributed by atoms with Gasteiger partial charge >= 0.3 is 0 Å². The highest BCUT2D eigenvalue weighted by molar-refractivity contribution is 5.92. The predicted molar refractivity (Wildman–Crippen MR) is 133 cm³/mol. The second kappa shape index (κ2) is 10.8. The third-order valence-corrected chi connectivity index (χ3v) is 5.74. The zero-order valence-corrected chi connectivity index (χ0v) is 19.5. The number of amides is 2. The maximum absolute atomic E-state index is 12.4. The van der Waals surface area contributed by atoms with E-state index in [9.17, 15) is 9.59 Å². The molecule has 0 aliphatic carbocycles. The van der Waals surface area contributed by atoms with Gasteiger partial charge < -0.3 is 20.3 Å². The molecule has 1 aliphatic rings. The minimum Gasteiger partial charge on any atom is -0.484 e. The van der Waals surface area contributed by atoms with Gasteiger partial charge in [0.1, 0.15) is 5.75 Å². The van der Waals surface area contributed by atoms with E-state index >= 15 is 0 Å². The molecule has 0 atom stereocenters. The Bertz CT molecular complexity index is 1120. The largest absolute Gasteiger partial charge is 0.484 e. The first-order chi connectivity index (χ1) is 16.5. The van der Waals surface area contributed by atoms with Crippen molar-refractivity contribution in [2.45, 2.75) is 26.7 Å². The first-order valence-corrected chi connectivity index (χ1v) is 11.5. The second-order valence-corrected chi connectivity index (χ2v) is 8.57. The van der Waals surface area contributed by atoms with E-state index in [1.165, 1.54) is 19.8 Å². The van der Waals surface area contributed by atoms with Gasteiger partial charge in [-0.2, -0.15) is 0 Å². The van der Waals surface area contributed by atoms with E-state index in [2.05, 4.69) is 32.7 Å². The van der Waals surface area contributed by atoms with Crippen LogP contribution in [-0.4, -0.2) is 41.7 Å². The Balaban J connectivity index is 1.32. The van der Waals surface area contributed by atoms with Crippen LogP contribution in [0.2, 0.25) is 0 Å². The number of hydrogen-bond acceptors (Lipinski definition) is 6. The summed E-state index contributed by atoms with van der Waals surface area (Å²) in [5.41, 5.74) is 2.95. The van der Waals surface area contributed by atoms with E-state index < -0.39 is 0 Å². The fourth-order valence-corrected chi connectivity index (χ4v) is 3.83. The maximum Gasteiger partial charge on any atom is 0.262 e. The minimum atomic E-state index is -0.274. The number of aromatic nitrogens is 2. The normalized spacial score (nSPS) is 13.9. The number of carbonyl (C=O) groups is 2. The third kappa shape index (κ3) is 6.31. The molecule has 8 heteroatoms. The fourth-order valence-electron chi connectivity index (χ4n) is 3.83. The molecular formula is C26H29N5O3. The molecule has 0 saturated carbocycles. The number of nitrogens with one attached hydrogen (secondary N) is 2. The number of ether oxygens (including phenoxy) is 1. The van der Waals surface area contributed by atoms with Crippen LogP contribution in [-0.2, 0) is 9.59 Å². The highest BCUT2D eigenvalue weighted by Crippen LogP contribution is 2.24. The summed E-state index contributed by atoms with van der Waals surface area (Å²) in [4.78, 5) is 25.7. The number of benzene rings is 2. The van der Waals surface area contributed by atoms with Crippen LogP contribution < -0.4 is 20.3 Å². The lowest BCUT2D eigenvalue weighted by atomic mass is 9.99. The summed E-state index contributed by atoms with van der Waals surface area (Å²) in [5.74, 6) is 1.79. The monoisotopic (exact) mass is 459 g/mol. The minimum absolute atomic E-state index is 0.132. The van der Waals surface area contributed by atoms with E-state index in [1.54, 1.807) is 24.3 Å². The van der Waals surface area contributed by atoms with Crippen molar-refractivity contribution in [1.82, 2.24) is 10.2 Å². The molecule has 2 amide bonds. The smallest absolute Gasteiger partial charge is 0.262 e. The van der Waals surface area contributed by atoms with Gasteiger partial charge in [0.15, 0.2) is 12.4 Å². The van der Waals surface area contributed by atoms with Crippen molar-refractivity contribution in [3.05, 3.63) is 60.7 Å². The van der Waals surface area contributed by atoms with Gasteiger partial charge in [0, 0.05) is 37.0 Å². The number of piperidine rings is 1. The zero-order chi connectivity index (χ0) is 23.9. The van der Waals surface area contributed by atoms with Gasteiger partial charge in [0.2, 0.25) is 5.91 Å². The summed E-state index contributed by atoms with van der Waals surface area (Å²) >= 11 is 0. The molecule has 0 spiro atoms. The van der Waals surface area contributed by atoms with Crippen molar-refractivity contribution < 1.29 is 14.3 Å². The SMILES string of the molecule is CC(=O)Nc1ccc(OCC(=O)Nc2cccc(-c3ccc(N4CCC(C)CC4)nn3)c2)cc1. The van der Waals surface area contributed by atoms with Crippen molar-refractivity contribution >= 4 is 29.0 Å². The summed E-state index contributed by atoms with van der Waals surface area (Å²) in [6.07, 6.45) is 2.36. The Kier molecular flexibility index (Phi) is 7.37. The summed E-state index contributed by atoms with van der Waals surface area (Å²) in [5, 5.41) is 14.4. The van der Waals surface area contributed by atoms with Crippen molar-refractivity contribution in [1.29, 1.82) is 0 Å². The molecule has 1 aliphatic heterocycles. The second-order valence-electron chi connectivity index (χ2n) is 8.57. The van der Waals surface area contributed by atoms with Crippen LogP contribution in [0.1, 0.15) is 26.7 Å². The van der Waals surface area contributed by atoms with Crippen molar-refractivity contribution in [3.8, 4) is 17.0 Å². The Morgan fingerprint density at radius 2 is 1.74 bits per heavy atom. The molecule has 0 bridgehead atoms. The Labute approximate surface area is 199 Å². The molecule has 176 valence electrons. The van der Waals surface area contributed by atoms with E-state index in [-0.39, 0.29) is 18.4 Å². The van der Waals surface area contributed by atoms with Gasteiger partial charge in [-0.1, -0.05) is 19.1 Å². The Morgan fingerprint density at radius 1 is 0.971 bits per heavy atom. The van der Waals surface area contributed by atoms with E-state index in [0.717, 1.165) is 36.1 Å². The number of rotatable bonds is 7. The highest BCUT2D eigenvalue weighted by atomic mass is 16.5.